The monoisotopic (exact) mass is 477 g/mol. The largest absolute Gasteiger partial charge is 0.433 e. The molecule has 1 amide bonds. The van der Waals surface area contributed by atoms with E-state index < -0.39 is 35.7 Å². The maximum atomic E-state index is 13.3. The quantitative estimate of drug-likeness (QED) is 0.423. The SMILES string of the molecule is O=C(Cn1c2nc(C(F)(F)F)ccc2c(=O)n2nc(NC3COC3)cc12)Nc1ccc(F)cn1. The molecule has 0 atom stereocenters. The van der Waals surface area contributed by atoms with Gasteiger partial charge in [0, 0.05) is 6.07 Å². The fraction of sp³-hybridized carbons (Fsp3) is 0.250. The molecule has 0 bridgehead atoms. The number of halogens is 4. The molecule has 14 heteroatoms. The molecule has 5 rings (SSSR count). The number of amides is 1. The summed E-state index contributed by atoms with van der Waals surface area (Å²) in [5, 5.41) is 9.53. The molecule has 0 aliphatic carbocycles. The summed E-state index contributed by atoms with van der Waals surface area (Å²) in [5.41, 5.74) is -2.20. The lowest BCUT2D eigenvalue weighted by molar-refractivity contribution is -0.141. The van der Waals surface area contributed by atoms with Gasteiger partial charge >= 0.3 is 6.18 Å². The first-order valence-corrected chi connectivity index (χ1v) is 9.95. The van der Waals surface area contributed by atoms with Crippen LogP contribution in [0, 0.1) is 5.82 Å². The number of alkyl halides is 3. The van der Waals surface area contributed by atoms with Crippen molar-refractivity contribution in [3.05, 3.63) is 58.4 Å². The van der Waals surface area contributed by atoms with Crippen molar-refractivity contribution >= 4 is 34.2 Å². The van der Waals surface area contributed by atoms with Gasteiger partial charge in [0.1, 0.15) is 35.2 Å². The van der Waals surface area contributed by atoms with Gasteiger partial charge in [-0.3, -0.25) is 9.59 Å². The highest BCUT2D eigenvalue weighted by Crippen LogP contribution is 2.29. The van der Waals surface area contributed by atoms with Crippen LogP contribution in [0.3, 0.4) is 0 Å². The van der Waals surface area contributed by atoms with E-state index in [4.69, 9.17) is 4.74 Å². The van der Waals surface area contributed by atoms with E-state index >= 15 is 0 Å². The predicted molar refractivity (Wildman–Crippen MR) is 111 cm³/mol. The smallest absolute Gasteiger partial charge is 0.377 e. The summed E-state index contributed by atoms with van der Waals surface area (Å²) in [6.07, 6.45) is -3.86. The topological polar surface area (TPSA) is 115 Å². The minimum Gasteiger partial charge on any atom is -0.377 e. The maximum absolute atomic E-state index is 13.3. The average molecular weight is 477 g/mol. The van der Waals surface area contributed by atoms with Crippen molar-refractivity contribution in [3.8, 4) is 0 Å². The Morgan fingerprint density at radius 3 is 2.62 bits per heavy atom. The van der Waals surface area contributed by atoms with E-state index in [1.807, 2.05) is 0 Å². The van der Waals surface area contributed by atoms with Gasteiger partial charge in [0.25, 0.3) is 5.56 Å². The number of nitrogens with one attached hydrogen (secondary N) is 2. The number of hydrogen-bond donors (Lipinski definition) is 2. The number of ether oxygens (including phenoxy) is 1. The van der Waals surface area contributed by atoms with E-state index in [9.17, 15) is 27.2 Å². The number of aromatic nitrogens is 5. The van der Waals surface area contributed by atoms with Crippen molar-refractivity contribution in [1.29, 1.82) is 0 Å². The van der Waals surface area contributed by atoms with Crippen LogP contribution in [0.1, 0.15) is 5.69 Å². The van der Waals surface area contributed by atoms with Gasteiger partial charge in [0.2, 0.25) is 5.91 Å². The summed E-state index contributed by atoms with van der Waals surface area (Å²) in [6.45, 7) is 0.346. The lowest BCUT2D eigenvalue weighted by Gasteiger charge is -2.26. The third-order valence-corrected chi connectivity index (χ3v) is 5.10. The second-order valence-corrected chi connectivity index (χ2v) is 7.54. The molecule has 0 spiro atoms. The number of fused-ring (bicyclic) bond motifs is 2. The van der Waals surface area contributed by atoms with Crippen LogP contribution in [0.25, 0.3) is 16.7 Å². The molecule has 0 radical (unpaired) electrons. The molecule has 1 fully saturated rings. The van der Waals surface area contributed by atoms with Gasteiger partial charge in [-0.2, -0.15) is 17.7 Å². The summed E-state index contributed by atoms with van der Waals surface area (Å²) in [4.78, 5) is 33.0. The van der Waals surface area contributed by atoms with Crippen LogP contribution in [-0.4, -0.2) is 49.3 Å². The molecule has 4 aromatic rings. The molecule has 10 nitrogen and oxygen atoms in total. The van der Waals surface area contributed by atoms with E-state index in [1.165, 1.54) is 12.1 Å². The summed E-state index contributed by atoms with van der Waals surface area (Å²) in [6, 6.07) is 5.41. The van der Waals surface area contributed by atoms with Gasteiger partial charge in [0.15, 0.2) is 5.82 Å². The van der Waals surface area contributed by atoms with Gasteiger partial charge in [0.05, 0.1) is 30.8 Å². The highest BCUT2D eigenvalue weighted by molar-refractivity contribution is 5.91. The minimum absolute atomic E-state index is 0.0364. The molecule has 0 aromatic carbocycles. The van der Waals surface area contributed by atoms with E-state index in [-0.39, 0.29) is 34.4 Å². The highest BCUT2D eigenvalue weighted by atomic mass is 19.4. The fourth-order valence-electron chi connectivity index (χ4n) is 3.44. The Kier molecular flexibility index (Phi) is 5.16. The molecule has 2 N–H and O–H groups in total. The molecular formula is C20H15F4N7O3. The molecule has 0 saturated carbocycles. The third kappa shape index (κ3) is 4.03. The Hall–Kier alpha value is -4.07. The van der Waals surface area contributed by atoms with E-state index in [0.717, 1.165) is 27.4 Å². The third-order valence-electron chi connectivity index (χ3n) is 5.10. The Bertz CT molecular complexity index is 1460. The predicted octanol–water partition coefficient (Wildman–Crippen LogP) is 2.05. The normalized spacial score (nSPS) is 14.4. The number of pyridine rings is 2. The fourth-order valence-corrected chi connectivity index (χ4v) is 3.44. The molecule has 4 aromatic heterocycles. The molecule has 1 aliphatic heterocycles. The van der Waals surface area contributed by atoms with Crippen LogP contribution in [0.2, 0.25) is 0 Å². The number of carbonyl (C=O) groups is 1. The first kappa shape index (κ1) is 21.8. The molecule has 1 saturated heterocycles. The highest BCUT2D eigenvalue weighted by Gasteiger charge is 2.33. The summed E-state index contributed by atoms with van der Waals surface area (Å²) < 4.78 is 60.3. The van der Waals surface area contributed by atoms with Crippen LogP contribution < -0.4 is 16.2 Å². The zero-order valence-corrected chi connectivity index (χ0v) is 17.1. The number of hydrogen-bond acceptors (Lipinski definition) is 7. The summed E-state index contributed by atoms with van der Waals surface area (Å²) >= 11 is 0. The van der Waals surface area contributed by atoms with Crippen molar-refractivity contribution in [2.75, 3.05) is 23.8 Å². The molecule has 34 heavy (non-hydrogen) atoms. The molecule has 1 aliphatic rings. The molecule has 0 unspecified atom stereocenters. The minimum atomic E-state index is -4.77. The van der Waals surface area contributed by atoms with Crippen molar-refractivity contribution in [2.45, 2.75) is 18.8 Å². The molecule has 176 valence electrons. The first-order chi connectivity index (χ1) is 16.2. The summed E-state index contributed by atoms with van der Waals surface area (Å²) in [5.74, 6) is -0.969. The average Bonchev–Trinajstić information content (AvgIpc) is 3.19. The number of rotatable bonds is 5. The van der Waals surface area contributed by atoms with Crippen LogP contribution in [0.4, 0.5) is 29.2 Å². The van der Waals surface area contributed by atoms with E-state index in [2.05, 4.69) is 25.7 Å². The van der Waals surface area contributed by atoms with Gasteiger partial charge in [-0.25, -0.2) is 14.4 Å². The van der Waals surface area contributed by atoms with Gasteiger partial charge in [-0.05, 0) is 24.3 Å². The van der Waals surface area contributed by atoms with Gasteiger partial charge < -0.3 is 19.9 Å². The van der Waals surface area contributed by atoms with Gasteiger partial charge in [-0.1, -0.05) is 0 Å². The molecule has 5 heterocycles. The lowest BCUT2D eigenvalue weighted by Crippen LogP contribution is -2.40. The van der Waals surface area contributed by atoms with Crippen LogP contribution in [0.5, 0.6) is 0 Å². The zero-order valence-electron chi connectivity index (χ0n) is 17.1. The second kappa shape index (κ2) is 8.06. The van der Waals surface area contributed by atoms with E-state index in [1.54, 1.807) is 0 Å². The number of carbonyl (C=O) groups excluding carboxylic acids is 1. The van der Waals surface area contributed by atoms with Crippen LogP contribution in [0.15, 0.2) is 41.3 Å². The maximum Gasteiger partial charge on any atom is 0.433 e. The standard InChI is InChI=1S/C20H15F4N7O3/c21-10-1-4-14(25-6-10)28-16(32)7-30-17-5-15(26-11-8-34-9-11)29-31(17)19(33)12-2-3-13(20(22,23)24)27-18(12)30/h1-6,11H,7-9H2,(H,26,29)(H,25,28,32). The zero-order chi connectivity index (χ0) is 24.0. The molecular weight excluding hydrogens is 462 g/mol. The Morgan fingerprint density at radius 1 is 1.18 bits per heavy atom. The summed E-state index contributed by atoms with van der Waals surface area (Å²) in [7, 11) is 0. The van der Waals surface area contributed by atoms with Crippen molar-refractivity contribution in [1.82, 2.24) is 24.1 Å². The van der Waals surface area contributed by atoms with Crippen molar-refractivity contribution < 1.29 is 27.1 Å². The Labute approximate surface area is 187 Å². The Balaban J connectivity index is 1.62. The number of nitrogens with zero attached hydrogens (tertiary/aromatic N) is 5. The van der Waals surface area contributed by atoms with Crippen LogP contribution >= 0.6 is 0 Å². The van der Waals surface area contributed by atoms with Crippen LogP contribution in [-0.2, 0) is 22.3 Å². The number of anilines is 2. The first-order valence-electron chi connectivity index (χ1n) is 9.95. The lowest BCUT2D eigenvalue weighted by atomic mass is 10.2. The Morgan fingerprint density at radius 2 is 1.97 bits per heavy atom. The van der Waals surface area contributed by atoms with Gasteiger partial charge in [-0.15, -0.1) is 5.10 Å². The van der Waals surface area contributed by atoms with E-state index in [0.29, 0.717) is 19.3 Å². The van der Waals surface area contributed by atoms with Crippen molar-refractivity contribution in [2.24, 2.45) is 0 Å². The van der Waals surface area contributed by atoms with Crippen molar-refractivity contribution in [3.63, 3.8) is 0 Å². The second-order valence-electron chi connectivity index (χ2n) is 7.54.